The molecule has 1 heterocycles. The molecular formula is C11H9BrN4O3. The maximum Gasteiger partial charge on any atom is 0.312 e. The monoisotopic (exact) mass is 324 g/mol. The summed E-state index contributed by atoms with van der Waals surface area (Å²) in [4.78, 5) is 18.3. The molecule has 2 rings (SSSR count). The van der Waals surface area contributed by atoms with Gasteiger partial charge in [0.2, 0.25) is 11.6 Å². The molecular weight excluding hydrogens is 316 g/mol. The highest BCUT2D eigenvalue weighted by Gasteiger charge is 2.16. The zero-order valence-electron chi connectivity index (χ0n) is 9.83. The Kier molecular flexibility index (Phi) is 3.91. The molecule has 0 aliphatic rings. The SMILES string of the molecule is CNc1cc(Oc2ccc(Br)cc2[N+](=O)[O-])ncn1. The van der Waals surface area contributed by atoms with Gasteiger partial charge in [-0.3, -0.25) is 10.1 Å². The summed E-state index contributed by atoms with van der Waals surface area (Å²) in [6.07, 6.45) is 1.31. The first-order valence-corrected chi connectivity index (χ1v) is 6.01. The Labute approximate surface area is 116 Å². The van der Waals surface area contributed by atoms with Gasteiger partial charge in [0, 0.05) is 23.7 Å². The fraction of sp³-hybridized carbons (Fsp3) is 0.0909. The minimum Gasteiger partial charge on any atom is -0.432 e. The van der Waals surface area contributed by atoms with Crippen LogP contribution in [0.5, 0.6) is 11.6 Å². The number of anilines is 1. The van der Waals surface area contributed by atoms with Crippen LogP contribution in [0, 0.1) is 10.1 Å². The molecule has 1 aromatic carbocycles. The number of hydrogen-bond acceptors (Lipinski definition) is 6. The number of benzene rings is 1. The molecule has 7 nitrogen and oxygen atoms in total. The molecule has 0 saturated heterocycles. The number of aromatic nitrogens is 2. The van der Waals surface area contributed by atoms with E-state index in [2.05, 4.69) is 31.2 Å². The predicted molar refractivity (Wildman–Crippen MR) is 72.4 cm³/mol. The third kappa shape index (κ3) is 3.16. The van der Waals surface area contributed by atoms with Crippen LogP contribution in [0.25, 0.3) is 0 Å². The maximum atomic E-state index is 10.9. The Hall–Kier alpha value is -2.22. The summed E-state index contributed by atoms with van der Waals surface area (Å²) in [5.74, 6) is 0.906. The molecule has 0 atom stereocenters. The van der Waals surface area contributed by atoms with Crippen LogP contribution in [0.3, 0.4) is 0 Å². The molecule has 0 radical (unpaired) electrons. The highest BCUT2D eigenvalue weighted by Crippen LogP contribution is 2.33. The fourth-order valence-electron chi connectivity index (χ4n) is 1.36. The number of halogens is 1. The van der Waals surface area contributed by atoms with Crippen molar-refractivity contribution in [2.45, 2.75) is 0 Å². The van der Waals surface area contributed by atoms with Crippen molar-refractivity contribution in [2.24, 2.45) is 0 Å². The molecule has 0 fully saturated rings. The number of hydrogen-bond donors (Lipinski definition) is 1. The van der Waals surface area contributed by atoms with Gasteiger partial charge in [-0.15, -0.1) is 0 Å². The van der Waals surface area contributed by atoms with Gasteiger partial charge in [-0.05, 0) is 12.1 Å². The van der Waals surface area contributed by atoms with Crippen molar-refractivity contribution in [3.05, 3.63) is 45.2 Å². The summed E-state index contributed by atoms with van der Waals surface area (Å²) in [7, 11) is 1.70. The molecule has 19 heavy (non-hydrogen) atoms. The van der Waals surface area contributed by atoms with Crippen LogP contribution in [0.4, 0.5) is 11.5 Å². The molecule has 0 unspecified atom stereocenters. The van der Waals surface area contributed by atoms with E-state index in [4.69, 9.17) is 4.74 Å². The minimum absolute atomic E-state index is 0.119. The number of nitrogens with zero attached hydrogens (tertiary/aromatic N) is 3. The summed E-state index contributed by atoms with van der Waals surface area (Å²) in [5, 5.41) is 13.8. The van der Waals surface area contributed by atoms with E-state index in [9.17, 15) is 10.1 Å². The van der Waals surface area contributed by atoms with E-state index in [0.717, 1.165) is 0 Å². The first-order chi connectivity index (χ1) is 9.10. The Morgan fingerprint density at radius 3 is 2.84 bits per heavy atom. The average Bonchev–Trinajstić information content (AvgIpc) is 2.41. The lowest BCUT2D eigenvalue weighted by Crippen LogP contribution is -1.97. The largest absolute Gasteiger partial charge is 0.432 e. The van der Waals surface area contributed by atoms with Gasteiger partial charge in [-0.2, -0.15) is 0 Å². The summed E-state index contributed by atoms with van der Waals surface area (Å²) in [6.45, 7) is 0. The smallest absolute Gasteiger partial charge is 0.312 e. The molecule has 0 bridgehead atoms. The van der Waals surface area contributed by atoms with Gasteiger partial charge >= 0.3 is 5.69 Å². The standard InChI is InChI=1S/C11H9BrN4O3/c1-13-10-5-11(15-6-14-10)19-9-3-2-7(12)4-8(9)16(17)18/h2-6H,1H3,(H,13,14,15). The van der Waals surface area contributed by atoms with Gasteiger partial charge in [0.25, 0.3) is 0 Å². The molecule has 2 aromatic rings. The zero-order chi connectivity index (χ0) is 13.8. The summed E-state index contributed by atoms with van der Waals surface area (Å²) in [5.41, 5.74) is -0.140. The lowest BCUT2D eigenvalue weighted by Gasteiger charge is -2.06. The molecule has 0 aliphatic carbocycles. The topological polar surface area (TPSA) is 90.2 Å². The van der Waals surface area contributed by atoms with E-state index in [1.54, 1.807) is 19.2 Å². The highest BCUT2D eigenvalue weighted by atomic mass is 79.9. The third-order valence-corrected chi connectivity index (χ3v) is 2.72. The quantitative estimate of drug-likeness (QED) is 0.686. The van der Waals surface area contributed by atoms with Crippen molar-refractivity contribution in [1.82, 2.24) is 9.97 Å². The van der Waals surface area contributed by atoms with E-state index < -0.39 is 4.92 Å². The lowest BCUT2D eigenvalue weighted by molar-refractivity contribution is -0.385. The molecule has 1 N–H and O–H groups in total. The number of rotatable bonds is 4. The number of nitrogens with one attached hydrogen (secondary N) is 1. The second-order valence-electron chi connectivity index (χ2n) is 3.46. The number of nitro groups is 1. The molecule has 1 aromatic heterocycles. The molecule has 8 heteroatoms. The van der Waals surface area contributed by atoms with Crippen molar-refractivity contribution in [1.29, 1.82) is 0 Å². The number of ether oxygens (including phenoxy) is 1. The van der Waals surface area contributed by atoms with Crippen LogP contribution >= 0.6 is 15.9 Å². The van der Waals surface area contributed by atoms with Crippen LogP contribution in [0.2, 0.25) is 0 Å². The predicted octanol–water partition coefficient (Wildman–Crippen LogP) is 2.98. The van der Waals surface area contributed by atoms with Gasteiger partial charge in [0.1, 0.15) is 12.1 Å². The van der Waals surface area contributed by atoms with Crippen molar-refractivity contribution < 1.29 is 9.66 Å². The van der Waals surface area contributed by atoms with Gasteiger partial charge in [0.15, 0.2) is 0 Å². The second-order valence-corrected chi connectivity index (χ2v) is 4.38. The van der Waals surface area contributed by atoms with Crippen molar-refractivity contribution >= 4 is 27.4 Å². The van der Waals surface area contributed by atoms with E-state index in [0.29, 0.717) is 10.3 Å². The lowest BCUT2D eigenvalue weighted by atomic mass is 10.3. The van der Waals surface area contributed by atoms with Crippen molar-refractivity contribution in [3.8, 4) is 11.6 Å². The molecule has 98 valence electrons. The first kappa shape index (κ1) is 13.2. The number of nitro benzene ring substituents is 1. The summed E-state index contributed by atoms with van der Waals surface area (Å²) in [6, 6.07) is 6.08. The highest BCUT2D eigenvalue weighted by molar-refractivity contribution is 9.10. The molecule has 0 spiro atoms. The van der Waals surface area contributed by atoms with Gasteiger partial charge in [-0.1, -0.05) is 15.9 Å². The Morgan fingerprint density at radius 1 is 1.37 bits per heavy atom. The van der Waals surface area contributed by atoms with Gasteiger partial charge in [-0.25, -0.2) is 9.97 Å². The molecule has 0 saturated carbocycles. The van der Waals surface area contributed by atoms with Crippen molar-refractivity contribution in [3.63, 3.8) is 0 Å². The van der Waals surface area contributed by atoms with E-state index >= 15 is 0 Å². The maximum absolute atomic E-state index is 10.9. The van der Waals surface area contributed by atoms with E-state index in [1.165, 1.54) is 18.5 Å². The van der Waals surface area contributed by atoms with E-state index in [1.807, 2.05) is 0 Å². The van der Waals surface area contributed by atoms with Crippen LogP contribution in [0.15, 0.2) is 35.1 Å². The normalized spacial score (nSPS) is 10.0. The summed E-state index contributed by atoms with van der Waals surface area (Å²) < 4.78 is 6.02. The Balaban J connectivity index is 2.34. The van der Waals surface area contributed by atoms with Crippen LogP contribution in [-0.2, 0) is 0 Å². The second kappa shape index (κ2) is 5.61. The van der Waals surface area contributed by atoms with Crippen LogP contribution in [0.1, 0.15) is 0 Å². The fourth-order valence-corrected chi connectivity index (χ4v) is 1.71. The molecule has 0 amide bonds. The summed E-state index contributed by atoms with van der Waals surface area (Å²) >= 11 is 3.18. The van der Waals surface area contributed by atoms with E-state index in [-0.39, 0.29) is 17.3 Å². The average molecular weight is 325 g/mol. The minimum atomic E-state index is -0.514. The zero-order valence-corrected chi connectivity index (χ0v) is 11.4. The Bertz CT molecular complexity index is 621. The van der Waals surface area contributed by atoms with Crippen LogP contribution in [-0.4, -0.2) is 21.9 Å². The van der Waals surface area contributed by atoms with Crippen molar-refractivity contribution in [2.75, 3.05) is 12.4 Å². The van der Waals surface area contributed by atoms with Gasteiger partial charge in [0.05, 0.1) is 4.92 Å². The van der Waals surface area contributed by atoms with Crippen LogP contribution < -0.4 is 10.1 Å². The third-order valence-electron chi connectivity index (χ3n) is 2.23. The Morgan fingerprint density at radius 2 is 2.16 bits per heavy atom. The first-order valence-electron chi connectivity index (χ1n) is 5.21. The van der Waals surface area contributed by atoms with Gasteiger partial charge < -0.3 is 10.1 Å². The molecule has 0 aliphatic heterocycles.